The second-order valence-corrected chi connectivity index (χ2v) is 6.43. The summed E-state index contributed by atoms with van der Waals surface area (Å²) in [6, 6.07) is 6.47. The van der Waals surface area contributed by atoms with E-state index in [9.17, 15) is 19.2 Å². The molecular weight excluding hydrogens is 350 g/mol. The third kappa shape index (κ3) is 3.99. The maximum absolute atomic E-state index is 12.5. The van der Waals surface area contributed by atoms with E-state index in [2.05, 4.69) is 11.9 Å². The molecule has 0 bridgehead atoms. The molecular formula is C19H21N3O5. The van der Waals surface area contributed by atoms with Crippen molar-refractivity contribution in [2.75, 3.05) is 26.2 Å². The molecule has 0 aliphatic carbocycles. The number of nitrogens with zero attached hydrogens (tertiary/aromatic N) is 2. The molecule has 2 aliphatic rings. The number of benzene rings is 1. The van der Waals surface area contributed by atoms with Crippen LogP contribution >= 0.6 is 0 Å². The minimum absolute atomic E-state index is 0.0781. The molecule has 8 nitrogen and oxygen atoms in total. The molecule has 4 amide bonds. The Morgan fingerprint density at radius 2 is 1.74 bits per heavy atom. The van der Waals surface area contributed by atoms with E-state index in [0.29, 0.717) is 37.1 Å². The molecule has 1 saturated heterocycles. The van der Waals surface area contributed by atoms with Crippen LogP contribution in [-0.4, -0.2) is 65.9 Å². The largest absolute Gasteiger partial charge is 0.445 e. The van der Waals surface area contributed by atoms with Gasteiger partial charge in [0, 0.05) is 19.1 Å². The van der Waals surface area contributed by atoms with Gasteiger partial charge in [-0.1, -0.05) is 24.8 Å². The van der Waals surface area contributed by atoms with E-state index in [-0.39, 0.29) is 25.1 Å². The molecule has 142 valence electrons. The number of amides is 4. The summed E-state index contributed by atoms with van der Waals surface area (Å²) in [7, 11) is 0. The van der Waals surface area contributed by atoms with E-state index in [1.807, 2.05) is 0 Å². The normalized spacial score (nSPS) is 16.9. The minimum atomic E-state index is -0.509. The molecule has 0 radical (unpaired) electrons. The zero-order valence-electron chi connectivity index (χ0n) is 14.8. The van der Waals surface area contributed by atoms with Crippen LogP contribution in [0.4, 0.5) is 4.79 Å². The summed E-state index contributed by atoms with van der Waals surface area (Å²) in [6.07, 6.45) is 2.14. The van der Waals surface area contributed by atoms with Gasteiger partial charge in [0.15, 0.2) is 0 Å². The van der Waals surface area contributed by atoms with Gasteiger partial charge in [-0.15, -0.1) is 0 Å². The SMILES string of the molecule is C=CCOC(=O)NC1CCN(C(=O)CN2C(=O)c3ccccc3C2=O)CC1. The van der Waals surface area contributed by atoms with Crippen LogP contribution in [0.3, 0.4) is 0 Å². The molecule has 2 heterocycles. The molecule has 27 heavy (non-hydrogen) atoms. The summed E-state index contributed by atoms with van der Waals surface area (Å²) < 4.78 is 4.88. The van der Waals surface area contributed by atoms with Gasteiger partial charge in [0.05, 0.1) is 11.1 Å². The lowest BCUT2D eigenvalue weighted by Gasteiger charge is -2.32. The highest BCUT2D eigenvalue weighted by Gasteiger charge is 2.37. The fourth-order valence-corrected chi connectivity index (χ4v) is 3.23. The molecule has 1 N–H and O–H groups in total. The van der Waals surface area contributed by atoms with Crippen LogP contribution in [0.5, 0.6) is 0 Å². The summed E-state index contributed by atoms with van der Waals surface area (Å²) in [5.41, 5.74) is 0.660. The molecule has 2 aliphatic heterocycles. The van der Waals surface area contributed by atoms with E-state index in [4.69, 9.17) is 4.74 Å². The van der Waals surface area contributed by atoms with Crippen molar-refractivity contribution < 1.29 is 23.9 Å². The number of ether oxygens (including phenoxy) is 1. The number of hydrogen-bond acceptors (Lipinski definition) is 5. The smallest absolute Gasteiger partial charge is 0.407 e. The zero-order chi connectivity index (χ0) is 19.4. The van der Waals surface area contributed by atoms with Gasteiger partial charge in [0.25, 0.3) is 11.8 Å². The van der Waals surface area contributed by atoms with Gasteiger partial charge in [0.1, 0.15) is 13.2 Å². The number of piperidine rings is 1. The summed E-state index contributed by atoms with van der Waals surface area (Å²) in [5.74, 6) is -1.16. The highest BCUT2D eigenvalue weighted by Crippen LogP contribution is 2.22. The first-order valence-electron chi connectivity index (χ1n) is 8.78. The number of rotatable bonds is 5. The molecule has 1 aromatic carbocycles. The maximum Gasteiger partial charge on any atom is 0.407 e. The number of carbonyl (C=O) groups excluding carboxylic acids is 4. The Bertz CT molecular complexity index is 748. The van der Waals surface area contributed by atoms with Crippen molar-refractivity contribution in [2.24, 2.45) is 0 Å². The van der Waals surface area contributed by atoms with Crippen molar-refractivity contribution in [3.05, 3.63) is 48.0 Å². The van der Waals surface area contributed by atoms with Crippen molar-refractivity contribution in [3.63, 3.8) is 0 Å². The molecule has 0 atom stereocenters. The minimum Gasteiger partial charge on any atom is -0.445 e. The third-order valence-corrected chi connectivity index (χ3v) is 4.67. The predicted molar refractivity (Wildman–Crippen MR) is 96.1 cm³/mol. The number of carbonyl (C=O) groups is 4. The molecule has 8 heteroatoms. The van der Waals surface area contributed by atoms with Crippen LogP contribution in [0.1, 0.15) is 33.6 Å². The Morgan fingerprint density at radius 3 is 2.30 bits per heavy atom. The summed E-state index contributed by atoms with van der Waals surface area (Å²) >= 11 is 0. The second kappa shape index (κ2) is 8.03. The van der Waals surface area contributed by atoms with Gasteiger partial charge in [0.2, 0.25) is 5.91 Å². The van der Waals surface area contributed by atoms with E-state index < -0.39 is 17.9 Å². The quantitative estimate of drug-likeness (QED) is 0.619. The molecule has 0 saturated carbocycles. The van der Waals surface area contributed by atoms with Crippen LogP contribution in [0.25, 0.3) is 0 Å². The van der Waals surface area contributed by atoms with Crippen LogP contribution in [0.15, 0.2) is 36.9 Å². The Labute approximate surface area is 156 Å². The van der Waals surface area contributed by atoms with Gasteiger partial charge >= 0.3 is 6.09 Å². The highest BCUT2D eigenvalue weighted by molar-refractivity contribution is 6.22. The van der Waals surface area contributed by atoms with Gasteiger partial charge in [-0.3, -0.25) is 19.3 Å². The average molecular weight is 371 g/mol. The van der Waals surface area contributed by atoms with Gasteiger partial charge in [-0.2, -0.15) is 0 Å². The van der Waals surface area contributed by atoms with Crippen LogP contribution < -0.4 is 5.32 Å². The van der Waals surface area contributed by atoms with Crippen molar-refractivity contribution in [1.29, 1.82) is 0 Å². The maximum atomic E-state index is 12.5. The number of hydrogen-bond donors (Lipinski definition) is 1. The lowest BCUT2D eigenvalue weighted by atomic mass is 10.1. The number of likely N-dealkylation sites (tertiary alicyclic amines) is 1. The van der Waals surface area contributed by atoms with Gasteiger partial charge < -0.3 is 15.0 Å². The summed E-state index contributed by atoms with van der Waals surface area (Å²) in [5, 5.41) is 2.75. The molecule has 3 rings (SSSR count). The van der Waals surface area contributed by atoms with E-state index in [0.717, 1.165) is 4.90 Å². The highest BCUT2D eigenvalue weighted by atomic mass is 16.5. The standard InChI is InChI=1S/C19H21N3O5/c1-2-11-27-19(26)20-13-7-9-21(10-8-13)16(23)12-22-17(24)14-5-3-4-6-15(14)18(22)25/h2-6,13H,1,7-12H2,(H,20,26). The number of nitrogens with one attached hydrogen (secondary N) is 1. The second-order valence-electron chi connectivity index (χ2n) is 6.43. The molecule has 0 spiro atoms. The van der Waals surface area contributed by atoms with Crippen LogP contribution in [0.2, 0.25) is 0 Å². The number of fused-ring (bicyclic) bond motifs is 1. The number of alkyl carbamates (subject to hydrolysis) is 1. The lowest BCUT2D eigenvalue weighted by molar-refractivity contribution is -0.132. The topological polar surface area (TPSA) is 96.0 Å². The summed E-state index contributed by atoms with van der Waals surface area (Å²) in [4.78, 5) is 51.4. The van der Waals surface area contributed by atoms with Crippen LogP contribution in [-0.2, 0) is 9.53 Å². The third-order valence-electron chi connectivity index (χ3n) is 4.67. The Kier molecular flexibility index (Phi) is 5.54. The predicted octanol–water partition coefficient (Wildman–Crippen LogP) is 1.19. The fraction of sp³-hybridized carbons (Fsp3) is 0.368. The number of imide groups is 1. The van der Waals surface area contributed by atoms with Crippen molar-refractivity contribution in [1.82, 2.24) is 15.1 Å². The first-order valence-corrected chi connectivity index (χ1v) is 8.78. The summed E-state index contributed by atoms with van der Waals surface area (Å²) in [6.45, 7) is 4.22. The van der Waals surface area contributed by atoms with Crippen LogP contribution in [0, 0.1) is 0 Å². The molecule has 0 unspecified atom stereocenters. The Hall–Kier alpha value is -3.16. The molecule has 0 aromatic heterocycles. The monoisotopic (exact) mass is 371 g/mol. The average Bonchev–Trinajstić information content (AvgIpc) is 2.92. The zero-order valence-corrected chi connectivity index (χ0v) is 14.8. The van der Waals surface area contributed by atoms with Crippen molar-refractivity contribution >= 4 is 23.8 Å². The van der Waals surface area contributed by atoms with E-state index in [1.54, 1.807) is 29.2 Å². The lowest BCUT2D eigenvalue weighted by Crippen LogP contribution is -2.49. The Balaban J connectivity index is 1.51. The fourth-order valence-electron chi connectivity index (χ4n) is 3.23. The van der Waals surface area contributed by atoms with Crippen molar-refractivity contribution in [2.45, 2.75) is 18.9 Å². The van der Waals surface area contributed by atoms with E-state index in [1.165, 1.54) is 6.08 Å². The van der Waals surface area contributed by atoms with Crippen molar-refractivity contribution in [3.8, 4) is 0 Å². The van der Waals surface area contributed by atoms with Gasteiger partial charge in [-0.25, -0.2) is 4.79 Å². The Morgan fingerprint density at radius 1 is 1.15 bits per heavy atom. The first-order chi connectivity index (χ1) is 13.0. The van der Waals surface area contributed by atoms with Gasteiger partial charge in [-0.05, 0) is 25.0 Å². The first kappa shape index (κ1) is 18.6. The molecule has 1 fully saturated rings. The molecule has 1 aromatic rings. The van der Waals surface area contributed by atoms with E-state index >= 15 is 0 Å².